The molecule has 0 aliphatic carbocycles. The van der Waals surface area contributed by atoms with E-state index in [-0.39, 0.29) is 139 Å². The van der Waals surface area contributed by atoms with E-state index >= 15 is 0 Å². The van der Waals surface area contributed by atoms with Gasteiger partial charge in [0.1, 0.15) is 0 Å². The lowest BCUT2D eigenvalue weighted by molar-refractivity contribution is 0.00168. The zero-order chi connectivity index (χ0) is 51.8. The van der Waals surface area contributed by atoms with Crippen LogP contribution in [0.5, 0.6) is 0 Å². The topological polar surface area (TPSA) is 261 Å². The number of benzene rings is 6. The van der Waals surface area contributed by atoms with Gasteiger partial charge < -0.3 is 18.9 Å². The van der Waals surface area contributed by atoms with Crippen molar-refractivity contribution >= 4 is 103 Å². The maximum atomic E-state index is 14.6. The average Bonchev–Trinajstić information content (AvgIpc) is 3.40. The maximum Gasteiger partial charge on any atom is 0.281 e. The van der Waals surface area contributed by atoms with Gasteiger partial charge in [0, 0.05) is 68.8 Å². The van der Waals surface area contributed by atoms with Gasteiger partial charge in [0.15, 0.2) is 0 Å². The van der Waals surface area contributed by atoms with Crippen LogP contribution in [0.1, 0.15) is 124 Å². The molecule has 6 aromatic carbocycles. The minimum Gasteiger partial charge on any atom is -0.382 e. The van der Waals surface area contributed by atoms with Gasteiger partial charge in [-0.25, -0.2) is 0 Å². The van der Waals surface area contributed by atoms with Crippen LogP contribution in [0.4, 0.5) is 0 Å². The van der Waals surface area contributed by atoms with Crippen LogP contribution < -0.4 is 0 Å². The third kappa shape index (κ3) is 6.06. The second kappa shape index (κ2) is 16.7. The first kappa shape index (κ1) is 45.9. The number of rotatable bonds is 14. The number of ether oxygens (including phenoxy) is 4. The third-order valence-corrected chi connectivity index (χ3v) is 13.9. The molecule has 0 saturated carbocycles. The molecule has 74 heavy (non-hydrogen) atoms. The molecule has 0 radical (unpaired) electrons. The lowest BCUT2D eigenvalue weighted by Crippen LogP contribution is -2.59. The summed E-state index contributed by atoms with van der Waals surface area (Å²) in [7, 11) is 2.99. The molecule has 368 valence electrons. The van der Waals surface area contributed by atoms with Crippen molar-refractivity contribution in [1.29, 1.82) is 0 Å². The molecule has 22 heteroatoms. The lowest BCUT2D eigenvalue weighted by Gasteiger charge is -2.39. The third-order valence-electron chi connectivity index (χ3n) is 13.9. The van der Waals surface area contributed by atoms with Gasteiger partial charge in [-0.3, -0.25) is 67.3 Å². The van der Waals surface area contributed by atoms with Crippen LogP contribution >= 0.6 is 0 Å². The predicted octanol–water partition coefficient (Wildman–Crippen LogP) is 3.28. The van der Waals surface area contributed by atoms with E-state index in [0.29, 0.717) is 33.2 Å². The van der Waals surface area contributed by atoms with Gasteiger partial charge >= 0.3 is 0 Å². The van der Waals surface area contributed by atoms with Crippen LogP contribution in [-0.2, 0) is 18.9 Å². The summed E-state index contributed by atoms with van der Waals surface area (Å²) in [5.74, 6) is -12.0. The Hall–Kier alpha value is -9.22. The summed E-state index contributed by atoms with van der Waals surface area (Å²) in [6.07, 6.45) is 0. The van der Waals surface area contributed by atoms with Gasteiger partial charge in [-0.2, -0.15) is 20.0 Å². The van der Waals surface area contributed by atoms with E-state index < -0.39 is 70.9 Å². The van der Waals surface area contributed by atoms with Crippen molar-refractivity contribution in [1.82, 2.24) is 29.8 Å². The molecule has 12 rings (SSSR count). The molecule has 0 fully saturated rings. The Labute approximate surface area is 414 Å². The second-order valence-corrected chi connectivity index (χ2v) is 17.6. The number of hydrazine groups is 2. The number of hydrogen-bond donors (Lipinski definition) is 0. The van der Waals surface area contributed by atoms with E-state index in [1.807, 2.05) is 0 Å². The second-order valence-electron chi connectivity index (χ2n) is 17.6. The summed E-state index contributed by atoms with van der Waals surface area (Å²) in [5.41, 5.74) is -1.84. The number of imide groups is 6. The number of hydrogen-bond acceptors (Lipinski definition) is 16. The van der Waals surface area contributed by atoms with E-state index in [9.17, 15) is 57.5 Å². The minimum absolute atomic E-state index is 0.0178. The van der Waals surface area contributed by atoms with Crippen molar-refractivity contribution in [2.45, 2.75) is 0 Å². The summed E-state index contributed by atoms with van der Waals surface area (Å²) in [6, 6.07) is 14.9. The van der Waals surface area contributed by atoms with Crippen molar-refractivity contribution in [3.05, 3.63) is 140 Å². The SMILES string of the molecule is COCCOCCN1C(=O)c2ccc3c4c(ccc(c24)C1=O)C(=O)N(N1C(=O)c2ccc4c5c(ccc(c25)C1=O)C(=O)N(N1C(=O)c2ccc5c6c(ccc(c26)C1=O)C(=O)N(CCOCCOC)C5=O)C4=O)C3=O. The van der Waals surface area contributed by atoms with Crippen LogP contribution in [-0.4, -0.2) is 168 Å². The molecule has 12 amide bonds. The van der Waals surface area contributed by atoms with Gasteiger partial charge in [0.05, 0.1) is 97.2 Å². The van der Waals surface area contributed by atoms with E-state index in [1.54, 1.807) is 0 Å². The normalized spacial score (nSPS) is 16.8. The molecule has 0 unspecified atom stereocenters. The van der Waals surface area contributed by atoms with Gasteiger partial charge in [-0.05, 0) is 72.8 Å². The van der Waals surface area contributed by atoms with Crippen LogP contribution in [0, 0.1) is 0 Å². The molecule has 6 aromatic rings. The molecular formula is C52H34N6O16. The first-order valence-corrected chi connectivity index (χ1v) is 22.9. The highest BCUT2D eigenvalue weighted by molar-refractivity contribution is 6.39. The zero-order valence-electron chi connectivity index (χ0n) is 38.8. The fraction of sp³-hybridized carbons (Fsp3) is 0.192. The highest BCUT2D eigenvalue weighted by Crippen LogP contribution is 2.44. The maximum absolute atomic E-state index is 14.6. The van der Waals surface area contributed by atoms with Crippen LogP contribution in [0.2, 0.25) is 0 Å². The standard InChI is InChI=1S/C52H34N6O16/c1-71-19-21-73-17-15-53-41(59)23-3-7-27-37-28(8-4-24(35(23)37)42(53)60)46(64)55(45(27)63)57-49(67)31-11-13-33-40-34(14-12-32(39(31)40)50(57)68)52(70)58(51(33)69)56-47(65)29-9-5-25-36-26(6-10-30(38(29)36)48(56)66)44(62)54(43(25)61)16-18-74-22-20-72-2/h3-14H,15-22H2,1-2H3. The van der Waals surface area contributed by atoms with Crippen molar-refractivity contribution in [3.63, 3.8) is 0 Å². The van der Waals surface area contributed by atoms with Gasteiger partial charge in [0.2, 0.25) is 0 Å². The van der Waals surface area contributed by atoms with Gasteiger partial charge in [-0.1, -0.05) is 0 Å². The average molecular weight is 999 g/mol. The molecule has 6 heterocycles. The summed E-state index contributed by atoms with van der Waals surface area (Å²) in [5, 5.41) is 1.12. The zero-order valence-corrected chi connectivity index (χ0v) is 38.8. The number of methoxy groups -OCH3 is 2. The fourth-order valence-corrected chi connectivity index (χ4v) is 10.6. The Kier molecular flexibility index (Phi) is 10.3. The molecule has 0 spiro atoms. The summed E-state index contributed by atoms with van der Waals surface area (Å²) in [4.78, 5) is 173. The molecule has 6 aliphatic heterocycles. The monoisotopic (exact) mass is 998 g/mol. The fourth-order valence-electron chi connectivity index (χ4n) is 10.6. The van der Waals surface area contributed by atoms with Crippen LogP contribution in [0.25, 0.3) is 32.3 Å². The van der Waals surface area contributed by atoms with E-state index in [2.05, 4.69) is 0 Å². The number of carbonyl (C=O) groups excluding carboxylic acids is 12. The molecule has 0 aromatic heterocycles. The highest BCUT2D eigenvalue weighted by Gasteiger charge is 2.51. The Morgan fingerprint density at radius 1 is 0.257 bits per heavy atom. The number of nitrogens with zero attached hydrogens (tertiary/aromatic N) is 6. The van der Waals surface area contributed by atoms with Crippen molar-refractivity contribution < 1.29 is 76.5 Å². The lowest BCUT2D eigenvalue weighted by atomic mass is 9.85. The summed E-state index contributed by atoms with van der Waals surface area (Å²) in [6.45, 7) is 0.896. The first-order valence-electron chi connectivity index (χ1n) is 22.9. The Balaban J connectivity index is 0.852. The molecule has 22 nitrogen and oxygen atoms in total. The molecule has 0 atom stereocenters. The number of amides is 12. The van der Waals surface area contributed by atoms with Crippen LogP contribution in [0.3, 0.4) is 0 Å². The largest absolute Gasteiger partial charge is 0.382 e. The Bertz CT molecular complexity index is 3350. The first-order chi connectivity index (χ1) is 35.7. The van der Waals surface area contributed by atoms with Crippen molar-refractivity contribution in [3.8, 4) is 0 Å². The van der Waals surface area contributed by atoms with E-state index in [4.69, 9.17) is 18.9 Å². The molecule has 0 saturated heterocycles. The molecular weight excluding hydrogens is 965 g/mol. The van der Waals surface area contributed by atoms with Gasteiger partial charge in [0.25, 0.3) is 70.9 Å². The minimum atomic E-state index is -1.19. The van der Waals surface area contributed by atoms with E-state index in [1.165, 1.54) is 62.8 Å². The van der Waals surface area contributed by atoms with Gasteiger partial charge in [-0.15, -0.1) is 0 Å². The van der Waals surface area contributed by atoms with Crippen molar-refractivity contribution in [2.24, 2.45) is 0 Å². The number of carbonyl (C=O) groups is 12. The quantitative estimate of drug-likeness (QED) is 0.112. The molecule has 6 aliphatic rings. The smallest absolute Gasteiger partial charge is 0.281 e. The molecule has 0 N–H and O–H groups in total. The molecule has 0 bridgehead atoms. The van der Waals surface area contributed by atoms with Crippen LogP contribution in [0.15, 0.2) is 72.8 Å². The predicted molar refractivity (Wildman–Crippen MR) is 250 cm³/mol. The summed E-state index contributed by atoms with van der Waals surface area (Å²) >= 11 is 0. The van der Waals surface area contributed by atoms with E-state index in [0.717, 1.165) is 34.1 Å². The Morgan fingerprint density at radius 2 is 0.432 bits per heavy atom. The Morgan fingerprint density at radius 3 is 0.608 bits per heavy atom. The van der Waals surface area contributed by atoms with Crippen molar-refractivity contribution in [2.75, 3.05) is 67.0 Å². The highest BCUT2D eigenvalue weighted by atomic mass is 16.5. The summed E-state index contributed by atoms with van der Waals surface area (Å²) < 4.78 is 20.8.